The fraction of sp³-hybridized carbons (Fsp3) is 0. The molecule has 18 heavy (non-hydrogen) atoms. The van der Waals surface area contributed by atoms with E-state index in [0.29, 0.717) is 16.8 Å². The molecule has 0 N–H and O–H groups in total. The smallest absolute Gasteiger partial charge is 0.198 e. The molecule has 2 rings (SSSR count). The highest BCUT2D eigenvalue weighted by molar-refractivity contribution is 7.78. The van der Waals surface area contributed by atoms with Gasteiger partial charge in [0.15, 0.2) is 5.78 Å². The maximum atomic E-state index is 12.3. The fourth-order valence-electron chi connectivity index (χ4n) is 1.51. The highest BCUT2D eigenvalue weighted by Crippen LogP contribution is 2.24. The normalized spacial score (nSPS) is 9.61. The van der Waals surface area contributed by atoms with E-state index in [1.807, 2.05) is 0 Å². The molecule has 2 aromatic rings. The zero-order valence-electron chi connectivity index (χ0n) is 9.13. The van der Waals surface area contributed by atoms with Crippen LogP contribution in [-0.2, 0) is 0 Å². The molecule has 0 aliphatic carbocycles. The van der Waals surface area contributed by atoms with Gasteiger partial charge in [0.25, 0.3) is 0 Å². The molecule has 0 bridgehead atoms. The molecule has 0 saturated carbocycles. The molecular formula is C13H7ClN2OS. The summed E-state index contributed by atoms with van der Waals surface area (Å²) in [5.41, 5.74) is 1.23. The first-order valence-corrected chi connectivity index (χ1v) is 5.85. The number of pyridine rings is 1. The van der Waals surface area contributed by atoms with Crippen LogP contribution in [0.4, 0.5) is 5.69 Å². The second kappa shape index (κ2) is 5.65. The molecule has 5 heteroatoms. The lowest BCUT2D eigenvalue weighted by Gasteiger charge is -2.04. The molecule has 0 unspecified atom stereocenters. The third-order valence-corrected chi connectivity index (χ3v) is 2.71. The van der Waals surface area contributed by atoms with Crippen LogP contribution in [0.25, 0.3) is 0 Å². The number of ketones is 1. The van der Waals surface area contributed by atoms with Crippen molar-refractivity contribution in [3.63, 3.8) is 0 Å². The quantitative estimate of drug-likeness (QED) is 0.371. The summed E-state index contributed by atoms with van der Waals surface area (Å²) in [5, 5.41) is 2.42. The number of para-hydroxylation sites is 1. The molecule has 0 aliphatic rings. The largest absolute Gasteiger partial charge is 0.288 e. The summed E-state index contributed by atoms with van der Waals surface area (Å²) in [6.07, 6.45) is 1.53. The number of rotatable bonds is 3. The van der Waals surface area contributed by atoms with Gasteiger partial charge in [-0.3, -0.25) is 4.79 Å². The molecule has 1 aromatic carbocycles. The lowest BCUT2D eigenvalue weighted by Crippen LogP contribution is -2.03. The van der Waals surface area contributed by atoms with Crippen LogP contribution in [0.1, 0.15) is 15.9 Å². The molecule has 3 nitrogen and oxygen atoms in total. The predicted octanol–water partition coefficient (Wildman–Crippen LogP) is 3.70. The molecule has 0 saturated heterocycles. The van der Waals surface area contributed by atoms with E-state index in [-0.39, 0.29) is 10.9 Å². The Bertz CT molecular complexity index is 651. The molecule has 0 amide bonds. The maximum Gasteiger partial charge on any atom is 0.198 e. The van der Waals surface area contributed by atoms with Crippen LogP contribution in [0.5, 0.6) is 0 Å². The van der Waals surface area contributed by atoms with E-state index in [4.69, 9.17) is 11.6 Å². The predicted molar refractivity (Wildman–Crippen MR) is 73.8 cm³/mol. The molecule has 0 atom stereocenters. The summed E-state index contributed by atoms with van der Waals surface area (Å²) < 4.78 is 0. The minimum atomic E-state index is -0.238. The average molecular weight is 275 g/mol. The first kappa shape index (κ1) is 12.6. The van der Waals surface area contributed by atoms with Crippen molar-refractivity contribution < 1.29 is 4.79 Å². The number of hydrogen-bond acceptors (Lipinski definition) is 4. The van der Waals surface area contributed by atoms with Gasteiger partial charge in [0.1, 0.15) is 5.15 Å². The second-order valence-corrected chi connectivity index (χ2v) is 3.93. The first-order valence-electron chi connectivity index (χ1n) is 5.06. The fourth-order valence-corrected chi connectivity index (χ4v) is 1.82. The van der Waals surface area contributed by atoms with E-state index < -0.39 is 0 Å². The van der Waals surface area contributed by atoms with Crippen molar-refractivity contribution in [1.82, 2.24) is 4.98 Å². The standard InChI is InChI=1S/C13H7ClN2OS/c14-13-10(5-3-7-15-13)12(17)9-4-1-2-6-11(9)16-8-18/h1-7H. The second-order valence-electron chi connectivity index (χ2n) is 3.39. The van der Waals surface area contributed by atoms with E-state index in [0.717, 1.165) is 0 Å². The van der Waals surface area contributed by atoms with E-state index in [9.17, 15) is 4.79 Å². The van der Waals surface area contributed by atoms with Crippen LogP contribution in [0.3, 0.4) is 0 Å². The van der Waals surface area contributed by atoms with Crippen LogP contribution < -0.4 is 0 Å². The topological polar surface area (TPSA) is 42.3 Å². The van der Waals surface area contributed by atoms with E-state index in [1.54, 1.807) is 36.4 Å². The Morgan fingerprint density at radius 3 is 2.67 bits per heavy atom. The zero-order valence-corrected chi connectivity index (χ0v) is 10.7. The number of carbonyl (C=O) groups excluding carboxylic acids is 1. The molecule has 1 heterocycles. The average Bonchev–Trinajstić information content (AvgIpc) is 2.40. The van der Waals surface area contributed by atoms with Crippen LogP contribution in [0, 0.1) is 0 Å². The number of nitrogens with zero attached hydrogens (tertiary/aromatic N) is 2. The lowest BCUT2D eigenvalue weighted by atomic mass is 10.0. The number of carbonyl (C=O) groups is 1. The molecule has 0 spiro atoms. The van der Waals surface area contributed by atoms with Crippen molar-refractivity contribution in [2.24, 2.45) is 4.99 Å². The summed E-state index contributed by atoms with van der Waals surface area (Å²) in [6.45, 7) is 0. The van der Waals surface area contributed by atoms with E-state index in [2.05, 4.69) is 27.4 Å². The van der Waals surface area contributed by atoms with Gasteiger partial charge in [-0.05, 0) is 36.5 Å². The van der Waals surface area contributed by atoms with Gasteiger partial charge >= 0.3 is 0 Å². The van der Waals surface area contributed by atoms with Gasteiger partial charge in [0.2, 0.25) is 0 Å². The Balaban J connectivity index is 2.53. The highest BCUT2D eigenvalue weighted by atomic mass is 35.5. The van der Waals surface area contributed by atoms with Gasteiger partial charge in [-0.2, -0.15) is 4.99 Å². The number of hydrogen-bond donors (Lipinski definition) is 0. The molecular weight excluding hydrogens is 268 g/mol. The van der Waals surface area contributed by atoms with Crippen LogP contribution in [-0.4, -0.2) is 15.9 Å². The van der Waals surface area contributed by atoms with Gasteiger partial charge < -0.3 is 0 Å². The number of halogens is 1. The van der Waals surface area contributed by atoms with Crippen LogP contribution >= 0.6 is 23.8 Å². The third-order valence-electron chi connectivity index (χ3n) is 2.32. The SMILES string of the molecule is O=C(c1ccccc1N=C=S)c1cccnc1Cl. The highest BCUT2D eigenvalue weighted by Gasteiger charge is 2.16. The van der Waals surface area contributed by atoms with Crippen molar-refractivity contribution in [3.8, 4) is 0 Å². The molecule has 88 valence electrons. The molecule has 0 radical (unpaired) electrons. The van der Waals surface area contributed by atoms with Crippen LogP contribution in [0.15, 0.2) is 47.6 Å². The Morgan fingerprint density at radius 1 is 1.22 bits per heavy atom. The Kier molecular flexibility index (Phi) is 3.95. The third kappa shape index (κ3) is 2.51. The van der Waals surface area contributed by atoms with Crippen molar-refractivity contribution in [2.75, 3.05) is 0 Å². The van der Waals surface area contributed by atoms with Gasteiger partial charge in [-0.25, -0.2) is 4.98 Å². The molecule has 1 aromatic heterocycles. The summed E-state index contributed by atoms with van der Waals surface area (Å²) >= 11 is 10.5. The first-order chi connectivity index (χ1) is 8.74. The summed E-state index contributed by atoms with van der Waals surface area (Å²) in [7, 11) is 0. The monoisotopic (exact) mass is 274 g/mol. The zero-order chi connectivity index (χ0) is 13.0. The minimum Gasteiger partial charge on any atom is -0.288 e. The van der Waals surface area contributed by atoms with E-state index >= 15 is 0 Å². The van der Waals surface area contributed by atoms with Crippen LogP contribution in [0.2, 0.25) is 5.15 Å². The Labute approximate surface area is 114 Å². The maximum absolute atomic E-state index is 12.3. The Hall–Kier alpha value is -1.87. The summed E-state index contributed by atoms with van der Waals surface area (Å²) in [5.74, 6) is -0.238. The van der Waals surface area contributed by atoms with Gasteiger partial charge in [0.05, 0.1) is 16.4 Å². The molecule has 0 aliphatic heterocycles. The van der Waals surface area contributed by atoms with Gasteiger partial charge in [0, 0.05) is 11.8 Å². The van der Waals surface area contributed by atoms with Crippen molar-refractivity contribution >= 4 is 40.5 Å². The van der Waals surface area contributed by atoms with Crippen molar-refractivity contribution in [1.29, 1.82) is 0 Å². The minimum absolute atomic E-state index is 0.170. The Morgan fingerprint density at radius 2 is 1.94 bits per heavy atom. The van der Waals surface area contributed by atoms with E-state index in [1.165, 1.54) is 6.20 Å². The van der Waals surface area contributed by atoms with Gasteiger partial charge in [-0.15, -0.1) is 0 Å². The number of aromatic nitrogens is 1. The van der Waals surface area contributed by atoms with Gasteiger partial charge in [-0.1, -0.05) is 23.7 Å². The molecule has 0 fully saturated rings. The number of isothiocyanates is 1. The number of thiocarbonyl (C=S) groups is 1. The summed E-state index contributed by atoms with van der Waals surface area (Å²) in [6, 6.07) is 10.2. The number of aliphatic imine (C=N–C) groups is 1. The number of benzene rings is 1. The van der Waals surface area contributed by atoms with Crippen molar-refractivity contribution in [2.45, 2.75) is 0 Å². The summed E-state index contributed by atoms with van der Waals surface area (Å²) in [4.78, 5) is 20.1. The van der Waals surface area contributed by atoms with Crippen molar-refractivity contribution in [3.05, 3.63) is 58.9 Å². The lowest BCUT2D eigenvalue weighted by molar-refractivity contribution is 0.103.